The van der Waals surface area contributed by atoms with E-state index in [2.05, 4.69) is 20.8 Å². The number of amides is 1. The number of hydrogen-bond donors (Lipinski definition) is 2. The zero-order valence-corrected chi connectivity index (χ0v) is 19.7. The van der Waals surface area contributed by atoms with Gasteiger partial charge in [-0.15, -0.1) is 0 Å². The van der Waals surface area contributed by atoms with Crippen LogP contribution in [0.15, 0.2) is 59.8 Å². The highest BCUT2D eigenvalue weighted by Crippen LogP contribution is 2.32. The van der Waals surface area contributed by atoms with Crippen LogP contribution in [0.25, 0.3) is 11.0 Å². The molecular formula is C23H28N4O3S2. The molecule has 0 radical (unpaired) electrons. The minimum absolute atomic E-state index is 0.141. The highest BCUT2D eigenvalue weighted by atomic mass is 32.2. The molecule has 0 aliphatic carbocycles. The third-order valence-corrected chi connectivity index (χ3v) is 8.12. The predicted octanol–water partition coefficient (Wildman–Crippen LogP) is 3.37. The fourth-order valence-corrected chi connectivity index (χ4v) is 5.99. The Morgan fingerprint density at radius 3 is 2.69 bits per heavy atom. The predicted molar refractivity (Wildman–Crippen MR) is 128 cm³/mol. The third-order valence-electron chi connectivity index (χ3n) is 5.99. The number of rotatable bonds is 8. The van der Waals surface area contributed by atoms with Crippen LogP contribution in [-0.4, -0.2) is 60.3 Å². The number of sulfonamides is 1. The summed E-state index contributed by atoms with van der Waals surface area (Å²) in [5, 5.41) is 1.13. The van der Waals surface area contributed by atoms with E-state index in [0.29, 0.717) is 31.2 Å². The van der Waals surface area contributed by atoms with Gasteiger partial charge in [-0.1, -0.05) is 18.2 Å². The molecule has 3 aromatic rings. The molecule has 2 N–H and O–H groups in total. The molecule has 1 atom stereocenters. The van der Waals surface area contributed by atoms with E-state index in [1.54, 1.807) is 48.3 Å². The van der Waals surface area contributed by atoms with Crippen molar-refractivity contribution in [3.05, 3.63) is 60.4 Å². The summed E-state index contributed by atoms with van der Waals surface area (Å²) in [6, 6.07) is 11.5. The highest BCUT2D eigenvalue weighted by Gasteiger charge is 2.32. The summed E-state index contributed by atoms with van der Waals surface area (Å²) in [4.78, 5) is 22.9. The Balaban J connectivity index is 1.44. The molecule has 1 saturated heterocycles. The number of carbonyl (C=O) groups excluding carboxylic acids is 1. The highest BCUT2D eigenvalue weighted by molar-refractivity contribution is 7.98. The van der Waals surface area contributed by atoms with Crippen molar-refractivity contribution >= 4 is 38.7 Å². The summed E-state index contributed by atoms with van der Waals surface area (Å²) >= 11 is 1.60. The first-order valence-electron chi connectivity index (χ1n) is 10.8. The average molecular weight is 473 g/mol. The second kappa shape index (κ2) is 10.1. The SMILES string of the molecule is CSCCC(NS(=O)(=O)c1ccccc1)C(=O)N1CCC(c2c[nH]c3ncccc23)CC1. The molecule has 1 fully saturated rings. The molecule has 0 bridgehead atoms. The number of piperidine rings is 1. The Morgan fingerprint density at radius 1 is 1.22 bits per heavy atom. The van der Waals surface area contributed by atoms with Crippen LogP contribution in [-0.2, 0) is 14.8 Å². The van der Waals surface area contributed by atoms with Crippen molar-refractivity contribution in [3.8, 4) is 0 Å². The molecule has 1 aliphatic heterocycles. The van der Waals surface area contributed by atoms with Crippen LogP contribution in [0.2, 0.25) is 0 Å². The lowest BCUT2D eigenvalue weighted by atomic mass is 9.89. The molecule has 7 nitrogen and oxygen atoms in total. The zero-order valence-electron chi connectivity index (χ0n) is 18.0. The van der Waals surface area contributed by atoms with E-state index in [4.69, 9.17) is 0 Å². The Kier molecular flexibility index (Phi) is 7.17. The fourth-order valence-electron chi connectivity index (χ4n) is 4.27. The molecule has 0 spiro atoms. The molecule has 3 heterocycles. The van der Waals surface area contributed by atoms with Gasteiger partial charge in [-0.25, -0.2) is 13.4 Å². The van der Waals surface area contributed by atoms with E-state index in [1.807, 2.05) is 23.4 Å². The van der Waals surface area contributed by atoms with E-state index in [-0.39, 0.29) is 10.8 Å². The lowest BCUT2D eigenvalue weighted by molar-refractivity contribution is -0.134. The molecule has 2 aromatic heterocycles. The molecule has 1 unspecified atom stereocenters. The smallest absolute Gasteiger partial charge is 0.241 e. The van der Waals surface area contributed by atoms with E-state index < -0.39 is 16.1 Å². The second-order valence-electron chi connectivity index (χ2n) is 8.01. The van der Waals surface area contributed by atoms with E-state index in [1.165, 1.54) is 5.56 Å². The molecule has 32 heavy (non-hydrogen) atoms. The minimum Gasteiger partial charge on any atom is -0.346 e. The number of aromatic amines is 1. The summed E-state index contributed by atoms with van der Waals surface area (Å²) in [6.07, 6.45) is 7.89. The van der Waals surface area contributed by atoms with Gasteiger partial charge in [-0.05, 0) is 67.0 Å². The van der Waals surface area contributed by atoms with Crippen LogP contribution in [0.5, 0.6) is 0 Å². The maximum absolute atomic E-state index is 13.3. The topological polar surface area (TPSA) is 95.2 Å². The number of pyridine rings is 1. The van der Waals surface area contributed by atoms with Crippen LogP contribution in [0.4, 0.5) is 0 Å². The molecular weight excluding hydrogens is 444 g/mol. The van der Waals surface area contributed by atoms with Gasteiger partial charge < -0.3 is 9.88 Å². The molecule has 9 heteroatoms. The Morgan fingerprint density at radius 2 is 1.97 bits per heavy atom. The van der Waals surface area contributed by atoms with Crippen LogP contribution in [0.3, 0.4) is 0 Å². The lowest BCUT2D eigenvalue weighted by Crippen LogP contribution is -2.50. The standard InChI is InChI=1S/C23H28N4O3S2/c1-31-15-11-21(26-32(29,30)18-6-3-2-4-7-18)23(28)27-13-9-17(10-14-27)20-16-25-22-19(20)8-5-12-24-22/h2-8,12,16-17,21,26H,9-11,13-15H2,1H3,(H,24,25). The van der Waals surface area contributed by atoms with Gasteiger partial charge in [0.2, 0.25) is 15.9 Å². The maximum Gasteiger partial charge on any atom is 0.241 e. The number of benzene rings is 1. The van der Waals surface area contributed by atoms with Crippen LogP contribution < -0.4 is 4.72 Å². The van der Waals surface area contributed by atoms with Gasteiger partial charge >= 0.3 is 0 Å². The van der Waals surface area contributed by atoms with Gasteiger partial charge in [0.1, 0.15) is 11.7 Å². The van der Waals surface area contributed by atoms with Crippen molar-refractivity contribution in [3.63, 3.8) is 0 Å². The number of thioether (sulfide) groups is 1. The van der Waals surface area contributed by atoms with Crippen molar-refractivity contribution in [2.45, 2.75) is 36.1 Å². The number of hydrogen-bond acceptors (Lipinski definition) is 5. The molecule has 1 aliphatic rings. The lowest BCUT2D eigenvalue weighted by Gasteiger charge is -2.34. The van der Waals surface area contributed by atoms with Crippen molar-refractivity contribution in [1.29, 1.82) is 0 Å². The van der Waals surface area contributed by atoms with Crippen LogP contribution >= 0.6 is 11.8 Å². The summed E-state index contributed by atoms with van der Waals surface area (Å²) in [5.74, 6) is 0.909. The maximum atomic E-state index is 13.3. The van der Waals surface area contributed by atoms with Gasteiger partial charge in [0.05, 0.1) is 4.90 Å². The Bertz CT molecular complexity index is 1160. The van der Waals surface area contributed by atoms with Crippen molar-refractivity contribution in [2.75, 3.05) is 25.1 Å². The normalized spacial score (nSPS) is 16.3. The second-order valence-corrected chi connectivity index (χ2v) is 10.7. The van der Waals surface area contributed by atoms with Gasteiger partial charge in [-0.2, -0.15) is 16.5 Å². The molecule has 1 amide bonds. The first kappa shape index (κ1) is 22.8. The van der Waals surface area contributed by atoms with Gasteiger partial charge in [0, 0.05) is 30.9 Å². The van der Waals surface area contributed by atoms with Crippen LogP contribution in [0.1, 0.15) is 30.7 Å². The number of H-pyrrole nitrogens is 1. The summed E-state index contributed by atoms with van der Waals surface area (Å²) in [5.41, 5.74) is 2.12. The monoisotopic (exact) mass is 472 g/mol. The summed E-state index contributed by atoms with van der Waals surface area (Å²) in [6.45, 7) is 1.22. The van der Waals surface area contributed by atoms with Crippen LogP contribution in [0, 0.1) is 0 Å². The number of nitrogens with zero attached hydrogens (tertiary/aromatic N) is 2. The molecule has 0 saturated carbocycles. The zero-order chi connectivity index (χ0) is 22.6. The minimum atomic E-state index is -3.76. The number of nitrogens with one attached hydrogen (secondary N) is 2. The van der Waals surface area contributed by atoms with E-state index >= 15 is 0 Å². The molecule has 4 rings (SSSR count). The van der Waals surface area contributed by atoms with Gasteiger partial charge in [-0.3, -0.25) is 4.79 Å². The number of likely N-dealkylation sites (tertiary alicyclic amines) is 1. The van der Waals surface area contributed by atoms with E-state index in [9.17, 15) is 13.2 Å². The van der Waals surface area contributed by atoms with Crippen molar-refractivity contribution in [1.82, 2.24) is 19.6 Å². The van der Waals surface area contributed by atoms with E-state index in [0.717, 1.165) is 23.9 Å². The fraction of sp³-hybridized carbons (Fsp3) is 0.391. The third kappa shape index (κ3) is 5.00. The first-order valence-corrected chi connectivity index (χ1v) is 13.6. The number of aromatic nitrogens is 2. The van der Waals surface area contributed by atoms with Crippen molar-refractivity contribution in [2.24, 2.45) is 0 Å². The Labute approximate surface area is 193 Å². The molecule has 170 valence electrons. The van der Waals surface area contributed by atoms with Crippen molar-refractivity contribution < 1.29 is 13.2 Å². The van der Waals surface area contributed by atoms with Gasteiger partial charge in [0.25, 0.3) is 0 Å². The molecule has 1 aromatic carbocycles. The van der Waals surface area contributed by atoms with Gasteiger partial charge in [0.15, 0.2) is 0 Å². The quantitative estimate of drug-likeness (QED) is 0.524. The first-order chi connectivity index (χ1) is 15.5. The number of carbonyl (C=O) groups is 1. The largest absolute Gasteiger partial charge is 0.346 e. The Hall–Kier alpha value is -2.36. The summed E-state index contributed by atoms with van der Waals surface area (Å²) in [7, 11) is -3.76. The average Bonchev–Trinajstić information content (AvgIpc) is 3.26. The number of fused-ring (bicyclic) bond motifs is 1. The summed E-state index contributed by atoms with van der Waals surface area (Å²) < 4.78 is 28.3.